The van der Waals surface area contributed by atoms with E-state index < -0.39 is 0 Å². The van der Waals surface area contributed by atoms with Crippen molar-refractivity contribution in [3.8, 4) is 11.6 Å². The summed E-state index contributed by atoms with van der Waals surface area (Å²) < 4.78 is 12.4. The highest BCUT2D eigenvalue weighted by Crippen LogP contribution is 2.25. The molecule has 0 aliphatic heterocycles. The van der Waals surface area contributed by atoms with Crippen LogP contribution >= 0.6 is 12.8 Å². The standard InChI is InChI=1S/C12H15N3O2S/c1-2-16-11-5-3-4-10(13)9(11)8-17-12-6-7-15(18)14-12/h3-7,18H,2,8,13H2,1H3. The summed E-state index contributed by atoms with van der Waals surface area (Å²) >= 11 is 4.04. The Bertz CT molecular complexity index is 528. The number of rotatable bonds is 5. The molecule has 0 fully saturated rings. The molecule has 0 spiro atoms. The van der Waals surface area contributed by atoms with E-state index in [9.17, 15) is 0 Å². The summed E-state index contributed by atoms with van der Waals surface area (Å²) in [5, 5.41) is 4.01. The first-order valence-corrected chi connectivity index (χ1v) is 5.98. The SMILES string of the molecule is CCOc1cccc(N)c1COc1ccn(S)n1. The summed E-state index contributed by atoms with van der Waals surface area (Å²) in [5.74, 6) is 1.23. The third-order valence-corrected chi connectivity index (χ3v) is 2.61. The quantitative estimate of drug-likeness (QED) is 0.642. The number of nitrogen functional groups attached to an aromatic ring is 1. The molecule has 0 bridgehead atoms. The van der Waals surface area contributed by atoms with Gasteiger partial charge in [-0.05, 0) is 31.9 Å². The molecule has 0 atom stereocenters. The number of anilines is 1. The maximum absolute atomic E-state index is 5.92. The number of hydrogen-bond donors (Lipinski definition) is 2. The Balaban J connectivity index is 2.12. The minimum atomic E-state index is 0.312. The van der Waals surface area contributed by atoms with Gasteiger partial charge >= 0.3 is 0 Å². The number of aromatic nitrogens is 2. The Kier molecular flexibility index (Phi) is 3.99. The van der Waals surface area contributed by atoms with Crippen LogP contribution in [-0.4, -0.2) is 15.8 Å². The maximum Gasteiger partial charge on any atom is 0.234 e. The van der Waals surface area contributed by atoms with Crippen LogP contribution in [0, 0.1) is 0 Å². The minimum absolute atomic E-state index is 0.312. The van der Waals surface area contributed by atoms with E-state index in [1.807, 2.05) is 25.1 Å². The molecule has 2 rings (SSSR count). The van der Waals surface area contributed by atoms with Crippen molar-refractivity contribution < 1.29 is 9.47 Å². The summed E-state index contributed by atoms with van der Waals surface area (Å²) in [6.45, 7) is 2.82. The molecule has 0 saturated heterocycles. The van der Waals surface area contributed by atoms with E-state index >= 15 is 0 Å². The summed E-state index contributed by atoms with van der Waals surface area (Å²) in [6.07, 6.45) is 1.69. The largest absolute Gasteiger partial charge is 0.493 e. The Morgan fingerprint density at radius 3 is 2.83 bits per heavy atom. The van der Waals surface area contributed by atoms with E-state index in [0.29, 0.717) is 24.8 Å². The molecular weight excluding hydrogens is 250 g/mol. The van der Waals surface area contributed by atoms with E-state index in [2.05, 4.69) is 17.9 Å². The highest BCUT2D eigenvalue weighted by molar-refractivity contribution is 7.78. The fourth-order valence-electron chi connectivity index (χ4n) is 1.55. The predicted molar refractivity (Wildman–Crippen MR) is 73.0 cm³/mol. The van der Waals surface area contributed by atoms with Gasteiger partial charge < -0.3 is 15.2 Å². The zero-order valence-corrected chi connectivity index (χ0v) is 10.9. The summed E-state index contributed by atoms with van der Waals surface area (Å²) in [4.78, 5) is 0. The van der Waals surface area contributed by atoms with Crippen molar-refractivity contribution in [2.75, 3.05) is 12.3 Å². The lowest BCUT2D eigenvalue weighted by Gasteiger charge is -2.12. The fraction of sp³-hybridized carbons (Fsp3) is 0.250. The van der Waals surface area contributed by atoms with Crippen LogP contribution in [0.5, 0.6) is 11.6 Å². The van der Waals surface area contributed by atoms with Crippen molar-refractivity contribution in [2.24, 2.45) is 0 Å². The first-order chi connectivity index (χ1) is 8.70. The lowest BCUT2D eigenvalue weighted by molar-refractivity contribution is 0.278. The van der Waals surface area contributed by atoms with E-state index in [1.54, 1.807) is 12.3 Å². The highest BCUT2D eigenvalue weighted by atomic mass is 32.1. The summed E-state index contributed by atoms with van der Waals surface area (Å²) in [5.41, 5.74) is 7.39. The lowest BCUT2D eigenvalue weighted by Crippen LogP contribution is -2.04. The van der Waals surface area contributed by atoms with E-state index in [4.69, 9.17) is 15.2 Å². The summed E-state index contributed by atoms with van der Waals surface area (Å²) in [7, 11) is 0. The van der Waals surface area contributed by atoms with Gasteiger partial charge in [0.2, 0.25) is 5.88 Å². The van der Waals surface area contributed by atoms with Crippen LogP contribution in [0.4, 0.5) is 5.69 Å². The van der Waals surface area contributed by atoms with Crippen molar-refractivity contribution in [3.63, 3.8) is 0 Å². The van der Waals surface area contributed by atoms with Crippen molar-refractivity contribution in [2.45, 2.75) is 13.5 Å². The minimum Gasteiger partial charge on any atom is -0.493 e. The molecule has 0 aliphatic rings. The average Bonchev–Trinajstić information content (AvgIpc) is 2.75. The molecule has 6 heteroatoms. The van der Waals surface area contributed by atoms with Crippen LogP contribution in [0.25, 0.3) is 0 Å². The predicted octanol–water partition coefficient (Wildman–Crippen LogP) is 2.14. The second-order valence-corrected chi connectivity index (χ2v) is 4.03. The zero-order valence-electron chi connectivity index (χ0n) is 10.0. The Morgan fingerprint density at radius 2 is 2.17 bits per heavy atom. The normalized spacial score (nSPS) is 10.3. The molecule has 5 nitrogen and oxygen atoms in total. The van der Waals surface area contributed by atoms with Crippen LogP contribution in [0.2, 0.25) is 0 Å². The molecule has 96 valence electrons. The van der Waals surface area contributed by atoms with Gasteiger partial charge in [0, 0.05) is 18.0 Å². The molecule has 0 unspecified atom stereocenters. The van der Waals surface area contributed by atoms with Crippen molar-refractivity contribution >= 4 is 18.5 Å². The molecule has 2 N–H and O–H groups in total. The second kappa shape index (κ2) is 5.68. The average molecular weight is 265 g/mol. The van der Waals surface area contributed by atoms with Gasteiger partial charge in [-0.15, -0.1) is 5.10 Å². The monoisotopic (exact) mass is 265 g/mol. The van der Waals surface area contributed by atoms with E-state index in [-0.39, 0.29) is 0 Å². The molecule has 1 aromatic heterocycles. The Labute approximate surface area is 111 Å². The Hall–Kier alpha value is -1.82. The number of nitrogens with zero attached hydrogens (tertiary/aromatic N) is 2. The number of thiol groups is 1. The third-order valence-electron chi connectivity index (χ3n) is 2.38. The van der Waals surface area contributed by atoms with Gasteiger partial charge in [-0.3, -0.25) is 0 Å². The topological polar surface area (TPSA) is 62.3 Å². The van der Waals surface area contributed by atoms with Gasteiger partial charge in [0.05, 0.1) is 12.2 Å². The fourth-order valence-corrected chi connectivity index (χ4v) is 1.70. The molecular formula is C12H15N3O2S. The van der Waals surface area contributed by atoms with Gasteiger partial charge in [-0.25, -0.2) is 4.09 Å². The first kappa shape index (κ1) is 12.6. The number of hydrogen-bond acceptors (Lipinski definition) is 5. The second-order valence-electron chi connectivity index (χ2n) is 3.62. The van der Waals surface area contributed by atoms with Crippen LogP contribution in [0.15, 0.2) is 30.5 Å². The van der Waals surface area contributed by atoms with E-state index in [1.165, 1.54) is 4.09 Å². The molecule has 1 heterocycles. The number of ether oxygens (including phenoxy) is 2. The van der Waals surface area contributed by atoms with Gasteiger partial charge in [0.1, 0.15) is 12.4 Å². The molecule has 18 heavy (non-hydrogen) atoms. The van der Waals surface area contributed by atoms with Crippen molar-refractivity contribution in [1.29, 1.82) is 0 Å². The lowest BCUT2D eigenvalue weighted by atomic mass is 10.1. The smallest absolute Gasteiger partial charge is 0.234 e. The van der Waals surface area contributed by atoms with Gasteiger partial charge in [0.15, 0.2) is 0 Å². The number of nitrogens with two attached hydrogens (primary N) is 1. The van der Waals surface area contributed by atoms with Crippen LogP contribution < -0.4 is 15.2 Å². The molecule has 0 radical (unpaired) electrons. The molecule has 1 aromatic carbocycles. The van der Waals surface area contributed by atoms with Crippen LogP contribution in [-0.2, 0) is 6.61 Å². The molecule has 0 saturated carbocycles. The first-order valence-electron chi connectivity index (χ1n) is 5.58. The van der Waals surface area contributed by atoms with Gasteiger partial charge in [0.25, 0.3) is 0 Å². The molecule has 0 aliphatic carbocycles. The van der Waals surface area contributed by atoms with Crippen LogP contribution in [0.1, 0.15) is 12.5 Å². The van der Waals surface area contributed by atoms with Gasteiger partial charge in [-0.2, -0.15) is 0 Å². The molecule has 0 amide bonds. The molecule has 2 aromatic rings. The van der Waals surface area contributed by atoms with Crippen molar-refractivity contribution in [3.05, 3.63) is 36.0 Å². The maximum atomic E-state index is 5.92. The van der Waals surface area contributed by atoms with Crippen molar-refractivity contribution in [1.82, 2.24) is 9.19 Å². The zero-order chi connectivity index (χ0) is 13.0. The third kappa shape index (κ3) is 2.89. The number of benzene rings is 1. The highest BCUT2D eigenvalue weighted by Gasteiger charge is 2.09. The van der Waals surface area contributed by atoms with Crippen LogP contribution in [0.3, 0.4) is 0 Å². The Morgan fingerprint density at radius 1 is 1.33 bits per heavy atom. The summed E-state index contributed by atoms with van der Waals surface area (Å²) in [6, 6.07) is 7.27. The van der Waals surface area contributed by atoms with E-state index in [0.717, 1.165) is 11.3 Å². The van der Waals surface area contributed by atoms with Gasteiger partial charge in [-0.1, -0.05) is 6.07 Å².